The highest BCUT2D eigenvalue weighted by Crippen LogP contribution is 2.42. The van der Waals surface area contributed by atoms with Crippen molar-refractivity contribution in [2.24, 2.45) is 11.3 Å². The Bertz CT molecular complexity index is 202. The number of likely N-dealkylation sites (tertiary alicyclic amines) is 1. The van der Waals surface area contributed by atoms with Gasteiger partial charge in [0.25, 0.3) is 0 Å². The van der Waals surface area contributed by atoms with Gasteiger partial charge in [-0.05, 0) is 57.8 Å². The molecule has 1 atom stereocenters. The van der Waals surface area contributed by atoms with Crippen molar-refractivity contribution in [3.05, 3.63) is 0 Å². The summed E-state index contributed by atoms with van der Waals surface area (Å²) in [6, 6.07) is 0. The van der Waals surface area contributed by atoms with Gasteiger partial charge in [-0.2, -0.15) is 0 Å². The van der Waals surface area contributed by atoms with Crippen molar-refractivity contribution < 1.29 is 4.74 Å². The molecule has 0 aromatic carbocycles. The number of nitrogens with one attached hydrogen (secondary N) is 1. The first-order valence-electron chi connectivity index (χ1n) is 6.18. The van der Waals surface area contributed by atoms with E-state index in [0.717, 1.165) is 19.1 Å². The van der Waals surface area contributed by atoms with Gasteiger partial charge in [0.2, 0.25) is 0 Å². The largest absolute Gasteiger partial charge is 0.381 e. The quantitative estimate of drug-likeness (QED) is 0.738. The van der Waals surface area contributed by atoms with Gasteiger partial charge in [0.15, 0.2) is 0 Å². The lowest BCUT2D eigenvalue weighted by Crippen LogP contribution is -2.52. The number of piperidine rings is 1. The van der Waals surface area contributed by atoms with E-state index in [1.165, 1.54) is 38.9 Å². The molecule has 0 amide bonds. The fourth-order valence-corrected chi connectivity index (χ4v) is 3.34. The van der Waals surface area contributed by atoms with Gasteiger partial charge in [0.05, 0.1) is 0 Å². The van der Waals surface area contributed by atoms with E-state index < -0.39 is 0 Å². The zero-order valence-electron chi connectivity index (χ0n) is 10.1. The molecule has 3 nitrogen and oxygen atoms in total. The summed E-state index contributed by atoms with van der Waals surface area (Å²) in [6.45, 7) is 5.63. The highest BCUT2D eigenvalue weighted by atomic mass is 16.5. The van der Waals surface area contributed by atoms with Crippen LogP contribution in [0.2, 0.25) is 0 Å². The molecule has 0 radical (unpaired) electrons. The molecule has 1 N–H and O–H groups in total. The van der Waals surface area contributed by atoms with Crippen molar-refractivity contribution in [1.82, 2.24) is 10.2 Å². The third-order valence-corrected chi connectivity index (χ3v) is 4.25. The second kappa shape index (κ2) is 4.81. The van der Waals surface area contributed by atoms with Gasteiger partial charge in [0, 0.05) is 19.8 Å². The van der Waals surface area contributed by atoms with Crippen LogP contribution in [0.4, 0.5) is 0 Å². The lowest BCUT2D eigenvalue weighted by molar-refractivity contribution is -0.0570. The summed E-state index contributed by atoms with van der Waals surface area (Å²) in [7, 11) is 4.33. The molecule has 2 rings (SSSR count). The van der Waals surface area contributed by atoms with Crippen LogP contribution in [0.1, 0.15) is 19.3 Å². The Kier molecular flexibility index (Phi) is 3.65. The predicted octanol–water partition coefficient (Wildman–Crippen LogP) is 0.954. The predicted molar refractivity (Wildman–Crippen MR) is 62.0 cm³/mol. The van der Waals surface area contributed by atoms with Crippen molar-refractivity contribution in [2.45, 2.75) is 19.3 Å². The average Bonchev–Trinajstić information content (AvgIpc) is 2.24. The minimum Gasteiger partial charge on any atom is -0.381 e. The van der Waals surface area contributed by atoms with Crippen LogP contribution in [-0.4, -0.2) is 51.8 Å². The molecule has 1 spiro atoms. The fourth-order valence-electron chi connectivity index (χ4n) is 3.34. The van der Waals surface area contributed by atoms with E-state index in [2.05, 4.69) is 24.3 Å². The second-order valence-corrected chi connectivity index (χ2v) is 5.26. The summed E-state index contributed by atoms with van der Waals surface area (Å²) >= 11 is 0. The van der Waals surface area contributed by atoms with E-state index >= 15 is 0 Å². The van der Waals surface area contributed by atoms with E-state index in [9.17, 15) is 0 Å². The fraction of sp³-hybridized carbons (Fsp3) is 1.00. The SMILES string of the molecule is CNCC1CCN(C)CC12CCOCC2. The number of hydrogen-bond donors (Lipinski definition) is 1. The Labute approximate surface area is 93.2 Å². The summed E-state index contributed by atoms with van der Waals surface area (Å²) in [5.74, 6) is 0.850. The first-order valence-corrected chi connectivity index (χ1v) is 6.18. The molecule has 2 heterocycles. The molecule has 0 aromatic heterocycles. The van der Waals surface area contributed by atoms with Gasteiger partial charge < -0.3 is 15.0 Å². The van der Waals surface area contributed by atoms with Gasteiger partial charge in [-0.1, -0.05) is 0 Å². The van der Waals surface area contributed by atoms with Crippen molar-refractivity contribution in [3.63, 3.8) is 0 Å². The lowest BCUT2D eigenvalue weighted by atomic mass is 9.66. The number of ether oxygens (including phenoxy) is 1. The summed E-state index contributed by atoms with van der Waals surface area (Å²) in [6.07, 6.45) is 3.85. The molecule has 3 heteroatoms. The van der Waals surface area contributed by atoms with Crippen molar-refractivity contribution in [1.29, 1.82) is 0 Å². The first-order chi connectivity index (χ1) is 7.27. The highest BCUT2D eigenvalue weighted by Gasteiger charge is 2.42. The minimum absolute atomic E-state index is 0.536. The molecule has 88 valence electrons. The molecule has 15 heavy (non-hydrogen) atoms. The van der Waals surface area contributed by atoms with E-state index in [4.69, 9.17) is 4.74 Å². The van der Waals surface area contributed by atoms with Gasteiger partial charge in [-0.3, -0.25) is 0 Å². The molecule has 2 aliphatic heterocycles. The lowest BCUT2D eigenvalue weighted by Gasteiger charge is -2.49. The Hall–Kier alpha value is -0.120. The zero-order chi connectivity index (χ0) is 10.7. The van der Waals surface area contributed by atoms with Crippen molar-refractivity contribution in [3.8, 4) is 0 Å². The number of rotatable bonds is 2. The maximum absolute atomic E-state index is 5.52. The Morgan fingerprint density at radius 1 is 1.40 bits per heavy atom. The monoisotopic (exact) mass is 212 g/mol. The molecule has 0 saturated carbocycles. The maximum Gasteiger partial charge on any atom is 0.0471 e. The summed E-state index contributed by atoms with van der Waals surface area (Å²) in [5.41, 5.74) is 0.536. The Morgan fingerprint density at radius 2 is 2.13 bits per heavy atom. The van der Waals surface area contributed by atoms with Gasteiger partial charge >= 0.3 is 0 Å². The van der Waals surface area contributed by atoms with E-state index in [1.807, 2.05) is 0 Å². The topological polar surface area (TPSA) is 24.5 Å². The summed E-state index contributed by atoms with van der Waals surface area (Å²) in [5, 5.41) is 3.36. The van der Waals surface area contributed by atoms with Gasteiger partial charge in [-0.25, -0.2) is 0 Å². The van der Waals surface area contributed by atoms with E-state index in [1.54, 1.807) is 0 Å². The highest BCUT2D eigenvalue weighted by molar-refractivity contribution is 4.94. The molecular weight excluding hydrogens is 188 g/mol. The second-order valence-electron chi connectivity index (χ2n) is 5.26. The van der Waals surface area contributed by atoms with Crippen LogP contribution in [0.25, 0.3) is 0 Å². The van der Waals surface area contributed by atoms with Crippen molar-refractivity contribution in [2.75, 3.05) is 46.9 Å². The molecule has 2 fully saturated rings. The van der Waals surface area contributed by atoms with E-state index in [0.29, 0.717) is 5.41 Å². The number of hydrogen-bond acceptors (Lipinski definition) is 3. The Morgan fingerprint density at radius 3 is 2.80 bits per heavy atom. The Balaban J connectivity index is 2.06. The van der Waals surface area contributed by atoms with Crippen LogP contribution < -0.4 is 5.32 Å². The molecule has 1 unspecified atom stereocenters. The first kappa shape index (κ1) is 11.4. The zero-order valence-corrected chi connectivity index (χ0v) is 10.1. The van der Waals surface area contributed by atoms with Crippen molar-refractivity contribution >= 4 is 0 Å². The molecule has 0 aromatic rings. The summed E-state index contributed by atoms with van der Waals surface area (Å²) in [4.78, 5) is 2.50. The van der Waals surface area contributed by atoms with E-state index in [-0.39, 0.29) is 0 Å². The van der Waals surface area contributed by atoms with Gasteiger partial charge in [-0.15, -0.1) is 0 Å². The van der Waals surface area contributed by atoms with Gasteiger partial charge in [0.1, 0.15) is 0 Å². The third-order valence-electron chi connectivity index (χ3n) is 4.25. The van der Waals surface area contributed by atoms with Crippen LogP contribution in [0, 0.1) is 11.3 Å². The molecular formula is C12H24N2O. The minimum atomic E-state index is 0.536. The normalized spacial score (nSPS) is 32.0. The van der Waals surface area contributed by atoms with Crippen LogP contribution in [0.3, 0.4) is 0 Å². The molecule has 0 aliphatic carbocycles. The smallest absolute Gasteiger partial charge is 0.0471 e. The standard InChI is InChI=1S/C12H24N2O/c1-13-9-11-3-6-14(2)10-12(11)4-7-15-8-5-12/h11,13H,3-10H2,1-2H3. The number of nitrogens with zero attached hydrogens (tertiary/aromatic N) is 1. The maximum atomic E-state index is 5.52. The molecule has 2 aliphatic rings. The third kappa shape index (κ3) is 2.35. The van der Waals surface area contributed by atoms with Crippen LogP contribution in [0.15, 0.2) is 0 Å². The van der Waals surface area contributed by atoms with Crippen LogP contribution >= 0.6 is 0 Å². The summed E-state index contributed by atoms with van der Waals surface area (Å²) < 4.78 is 5.52. The average molecular weight is 212 g/mol. The van der Waals surface area contributed by atoms with Crippen LogP contribution in [0.5, 0.6) is 0 Å². The molecule has 2 saturated heterocycles. The molecule has 0 bridgehead atoms. The van der Waals surface area contributed by atoms with Crippen LogP contribution in [-0.2, 0) is 4.74 Å².